The molecule has 1 aromatic carbocycles. The number of halogens is 1. The van der Waals surface area contributed by atoms with Gasteiger partial charge in [-0.1, -0.05) is 13.0 Å². The monoisotopic (exact) mass is 294 g/mol. The van der Waals surface area contributed by atoms with E-state index in [1.807, 2.05) is 13.8 Å². The van der Waals surface area contributed by atoms with Crippen molar-refractivity contribution in [2.75, 3.05) is 25.5 Å². The predicted molar refractivity (Wildman–Crippen MR) is 81.1 cm³/mol. The number of hydrogen-bond acceptors (Lipinski definition) is 3. The number of amides is 1. The molecule has 2 atom stereocenters. The summed E-state index contributed by atoms with van der Waals surface area (Å²) in [5, 5.41) is 3.02. The van der Waals surface area contributed by atoms with Crippen LogP contribution in [-0.4, -0.2) is 43.2 Å². The zero-order valence-electron chi connectivity index (χ0n) is 12.9. The molecule has 2 unspecified atom stereocenters. The van der Waals surface area contributed by atoms with Crippen molar-refractivity contribution in [2.45, 2.75) is 38.8 Å². The normalized spacial score (nSPS) is 21.3. The summed E-state index contributed by atoms with van der Waals surface area (Å²) in [6, 6.07) is 4.65. The minimum Gasteiger partial charge on any atom is -0.382 e. The predicted octanol–water partition coefficient (Wildman–Crippen LogP) is 2.90. The Bertz CT molecular complexity index is 507. The van der Waals surface area contributed by atoms with E-state index in [1.165, 1.54) is 6.07 Å². The van der Waals surface area contributed by atoms with Gasteiger partial charge in [0, 0.05) is 20.2 Å². The van der Waals surface area contributed by atoms with Gasteiger partial charge in [-0.05, 0) is 31.9 Å². The van der Waals surface area contributed by atoms with E-state index in [1.54, 1.807) is 24.1 Å². The van der Waals surface area contributed by atoms with Crippen LogP contribution in [0.3, 0.4) is 0 Å². The zero-order valence-corrected chi connectivity index (χ0v) is 12.9. The molecule has 1 fully saturated rings. The van der Waals surface area contributed by atoms with Gasteiger partial charge in [0.15, 0.2) is 0 Å². The smallest absolute Gasteiger partial charge is 0.256 e. The molecule has 1 aliphatic rings. The lowest BCUT2D eigenvalue weighted by Gasteiger charge is -2.27. The van der Waals surface area contributed by atoms with Crippen molar-refractivity contribution < 1.29 is 13.9 Å². The van der Waals surface area contributed by atoms with E-state index < -0.39 is 5.82 Å². The fraction of sp³-hybridized carbons (Fsp3) is 0.562. The van der Waals surface area contributed by atoms with Gasteiger partial charge in [0.25, 0.3) is 5.91 Å². The van der Waals surface area contributed by atoms with Gasteiger partial charge in [-0.25, -0.2) is 4.39 Å². The number of likely N-dealkylation sites (N-methyl/N-ethyl adjacent to an activating group) is 1. The molecule has 1 saturated heterocycles. The molecule has 116 valence electrons. The quantitative estimate of drug-likeness (QED) is 0.908. The van der Waals surface area contributed by atoms with Crippen molar-refractivity contribution in [1.29, 1.82) is 0 Å². The first-order valence-electron chi connectivity index (χ1n) is 7.47. The molecule has 1 heterocycles. The lowest BCUT2D eigenvalue weighted by molar-refractivity contribution is 0.0575. The van der Waals surface area contributed by atoms with E-state index in [4.69, 9.17) is 4.74 Å². The highest BCUT2D eigenvalue weighted by atomic mass is 19.1. The first-order valence-corrected chi connectivity index (χ1v) is 7.47. The fourth-order valence-corrected chi connectivity index (χ4v) is 2.70. The molecule has 0 aromatic heterocycles. The molecule has 1 aromatic rings. The second kappa shape index (κ2) is 6.89. The number of ether oxygens (including phenoxy) is 1. The largest absolute Gasteiger partial charge is 0.382 e. The number of benzene rings is 1. The first kappa shape index (κ1) is 15.8. The number of rotatable bonds is 5. The van der Waals surface area contributed by atoms with E-state index in [2.05, 4.69) is 5.32 Å². The summed E-state index contributed by atoms with van der Waals surface area (Å²) in [5.41, 5.74) is 0.674. The Balaban J connectivity index is 2.23. The average Bonchev–Trinajstić information content (AvgIpc) is 2.90. The Kier molecular flexibility index (Phi) is 5.17. The first-order chi connectivity index (χ1) is 10.1. The summed E-state index contributed by atoms with van der Waals surface area (Å²) in [6.07, 6.45) is 1.70. The van der Waals surface area contributed by atoms with Gasteiger partial charge in [-0.3, -0.25) is 4.79 Å². The number of nitrogens with one attached hydrogen (secondary N) is 1. The van der Waals surface area contributed by atoms with E-state index in [-0.39, 0.29) is 18.1 Å². The lowest BCUT2D eigenvalue weighted by Crippen LogP contribution is -2.41. The molecular formula is C16H23FN2O2. The Morgan fingerprint density at radius 2 is 2.29 bits per heavy atom. The Hall–Kier alpha value is -1.62. The van der Waals surface area contributed by atoms with Gasteiger partial charge in [-0.15, -0.1) is 0 Å². The van der Waals surface area contributed by atoms with Crippen LogP contribution in [0.4, 0.5) is 10.1 Å². The topological polar surface area (TPSA) is 41.6 Å². The molecular weight excluding hydrogens is 271 g/mol. The summed E-state index contributed by atoms with van der Waals surface area (Å²) in [7, 11) is 1.76. The van der Waals surface area contributed by atoms with Gasteiger partial charge in [-0.2, -0.15) is 0 Å². The number of carbonyl (C=O) groups is 1. The molecule has 0 bridgehead atoms. The van der Waals surface area contributed by atoms with Crippen LogP contribution in [0.2, 0.25) is 0 Å². The van der Waals surface area contributed by atoms with Crippen molar-refractivity contribution in [2.24, 2.45) is 0 Å². The van der Waals surface area contributed by atoms with Crippen molar-refractivity contribution in [3.63, 3.8) is 0 Å². The van der Waals surface area contributed by atoms with Crippen LogP contribution in [-0.2, 0) is 4.74 Å². The minimum absolute atomic E-state index is 0.0135. The number of nitrogens with zero attached hydrogens (tertiary/aromatic N) is 1. The summed E-state index contributed by atoms with van der Waals surface area (Å²) >= 11 is 0. The fourth-order valence-electron chi connectivity index (χ4n) is 2.70. The van der Waals surface area contributed by atoms with E-state index >= 15 is 0 Å². The van der Waals surface area contributed by atoms with Crippen molar-refractivity contribution in [3.8, 4) is 0 Å². The number of carbonyl (C=O) groups excluding carboxylic acids is 1. The highest BCUT2D eigenvalue weighted by molar-refractivity contribution is 5.99. The molecule has 4 nitrogen and oxygen atoms in total. The maximum Gasteiger partial charge on any atom is 0.256 e. The molecule has 0 radical (unpaired) electrons. The molecule has 21 heavy (non-hydrogen) atoms. The van der Waals surface area contributed by atoms with Crippen LogP contribution in [0.25, 0.3) is 0 Å². The average molecular weight is 294 g/mol. The molecule has 0 aliphatic carbocycles. The van der Waals surface area contributed by atoms with Crippen LogP contribution in [0.5, 0.6) is 0 Å². The van der Waals surface area contributed by atoms with Crippen LogP contribution >= 0.6 is 0 Å². The molecule has 1 N–H and O–H groups in total. The van der Waals surface area contributed by atoms with Gasteiger partial charge in [0.05, 0.1) is 23.4 Å². The maximum absolute atomic E-state index is 14.0. The van der Waals surface area contributed by atoms with Gasteiger partial charge < -0.3 is 15.0 Å². The molecule has 2 rings (SSSR count). The highest BCUT2D eigenvalue weighted by Gasteiger charge is 2.32. The third kappa shape index (κ3) is 3.35. The summed E-state index contributed by atoms with van der Waals surface area (Å²) in [4.78, 5) is 14.3. The van der Waals surface area contributed by atoms with Crippen molar-refractivity contribution in [3.05, 3.63) is 29.6 Å². The molecule has 0 spiro atoms. The molecule has 5 heteroatoms. The summed E-state index contributed by atoms with van der Waals surface area (Å²) in [6.45, 7) is 5.25. The number of anilines is 1. The zero-order chi connectivity index (χ0) is 15.4. The van der Waals surface area contributed by atoms with Gasteiger partial charge in [0.1, 0.15) is 5.82 Å². The van der Waals surface area contributed by atoms with Crippen LogP contribution in [0.1, 0.15) is 37.0 Å². The van der Waals surface area contributed by atoms with Crippen LogP contribution in [0, 0.1) is 5.82 Å². The van der Waals surface area contributed by atoms with E-state index in [0.717, 1.165) is 12.8 Å². The Morgan fingerprint density at radius 3 is 2.90 bits per heavy atom. The standard InChI is InChI=1S/C16H23FN2O2/c1-4-9-18-15-12(6-5-7-13(15)17)16(20)19(3)14-8-10-21-11(14)2/h5-7,11,14,18H,4,8-10H2,1-3H3. The maximum atomic E-state index is 14.0. The van der Waals surface area contributed by atoms with Gasteiger partial charge in [0.2, 0.25) is 0 Å². The molecule has 1 amide bonds. The second-order valence-electron chi connectivity index (χ2n) is 5.44. The summed E-state index contributed by atoms with van der Waals surface area (Å²) < 4.78 is 19.5. The van der Waals surface area contributed by atoms with Crippen molar-refractivity contribution >= 4 is 11.6 Å². The third-order valence-electron chi connectivity index (χ3n) is 3.95. The van der Waals surface area contributed by atoms with E-state index in [0.29, 0.717) is 24.4 Å². The second-order valence-corrected chi connectivity index (χ2v) is 5.44. The van der Waals surface area contributed by atoms with Crippen LogP contribution in [0.15, 0.2) is 18.2 Å². The molecule has 1 aliphatic heterocycles. The number of hydrogen-bond donors (Lipinski definition) is 1. The Morgan fingerprint density at radius 1 is 1.52 bits per heavy atom. The third-order valence-corrected chi connectivity index (χ3v) is 3.95. The molecule has 0 saturated carbocycles. The van der Waals surface area contributed by atoms with Gasteiger partial charge >= 0.3 is 0 Å². The summed E-state index contributed by atoms with van der Waals surface area (Å²) in [5.74, 6) is -0.561. The lowest BCUT2D eigenvalue weighted by atomic mass is 10.1. The highest BCUT2D eigenvalue weighted by Crippen LogP contribution is 2.25. The van der Waals surface area contributed by atoms with Crippen molar-refractivity contribution in [1.82, 2.24) is 4.90 Å². The minimum atomic E-state index is -0.390. The SMILES string of the molecule is CCCNc1c(F)cccc1C(=O)N(C)C1CCOC1C. The Labute approximate surface area is 125 Å². The number of para-hydroxylation sites is 1. The van der Waals surface area contributed by atoms with Crippen LogP contribution < -0.4 is 5.32 Å². The van der Waals surface area contributed by atoms with E-state index in [9.17, 15) is 9.18 Å².